The molecule has 0 aliphatic rings. The summed E-state index contributed by atoms with van der Waals surface area (Å²) in [7, 11) is 2.23. The molecule has 0 saturated carbocycles. The molecule has 52 valence electrons. The molecule has 0 heterocycles. The second-order valence-corrected chi connectivity index (χ2v) is 1.71. The first kappa shape index (κ1) is 15.7. The van der Waals surface area contributed by atoms with Crippen molar-refractivity contribution in [2.75, 3.05) is 0 Å². The second kappa shape index (κ2) is 15.8. The maximum absolute atomic E-state index is 2.23. The molecule has 4 N–H and O–H groups in total. The predicted molar refractivity (Wildman–Crippen MR) is 40.1 cm³/mol. The minimum Gasteiger partial charge on any atom is -0.412 e. The standard InChI is InChI=1S/C5H13B.2H2O/c1-2-3-4-5-6;;/h2-6H2,1H3;2*1H2. The molecule has 0 atom stereocenters. The van der Waals surface area contributed by atoms with Crippen molar-refractivity contribution in [3.05, 3.63) is 0 Å². The average molecular weight is 120 g/mol. The van der Waals surface area contributed by atoms with Gasteiger partial charge in [0, 0.05) is 0 Å². The van der Waals surface area contributed by atoms with Crippen molar-refractivity contribution in [3.63, 3.8) is 0 Å². The number of unbranched alkanes of at least 4 members (excludes halogenated alkanes) is 2. The molecule has 0 bridgehead atoms. The van der Waals surface area contributed by atoms with Crippen molar-refractivity contribution in [2.24, 2.45) is 0 Å². The third kappa shape index (κ3) is 16.7. The van der Waals surface area contributed by atoms with Crippen LogP contribution in [-0.4, -0.2) is 18.8 Å². The predicted octanol–water partition coefficient (Wildman–Crippen LogP) is -0.421. The molecule has 0 fully saturated rings. The molecule has 0 aromatic heterocycles. The lowest BCUT2D eigenvalue weighted by molar-refractivity contribution is 0.771. The molecule has 0 aromatic rings. The van der Waals surface area contributed by atoms with Gasteiger partial charge in [-0.25, -0.2) is 0 Å². The second-order valence-electron chi connectivity index (χ2n) is 1.71. The fraction of sp³-hybridized carbons (Fsp3) is 1.00. The van der Waals surface area contributed by atoms with Crippen LogP contribution in [-0.2, 0) is 0 Å². The van der Waals surface area contributed by atoms with Crippen molar-refractivity contribution in [3.8, 4) is 0 Å². The third-order valence-electron chi connectivity index (χ3n) is 0.957. The van der Waals surface area contributed by atoms with Crippen LogP contribution >= 0.6 is 0 Å². The fourth-order valence-electron chi connectivity index (χ4n) is 0.500. The summed E-state index contributed by atoms with van der Waals surface area (Å²) < 4.78 is 0. The van der Waals surface area contributed by atoms with Crippen LogP contribution in [0, 0.1) is 0 Å². The van der Waals surface area contributed by atoms with E-state index in [0.717, 1.165) is 0 Å². The van der Waals surface area contributed by atoms with Gasteiger partial charge in [0.05, 0.1) is 0 Å². The molecule has 0 amide bonds. The summed E-state index contributed by atoms with van der Waals surface area (Å²) in [6, 6.07) is 0. The average Bonchev–Trinajstić information content (AvgIpc) is 1.61. The lowest BCUT2D eigenvalue weighted by Gasteiger charge is -1.86. The topological polar surface area (TPSA) is 63.0 Å². The lowest BCUT2D eigenvalue weighted by Crippen LogP contribution is -1.69. The van der Waals surface area contributed by atoms with E-state index in [9.17, 15) is 0 Å². The summed E-state index contributed by atoms with van der Waals surface area (Å²) in [6.45, 7) is 2.23. The van der Waals surface area contributed by atoms with Gasteiger partial charge in [-0.15, -0.1) is 0 Å². The Morgan fingerprint density at radius 1 is 1.12 bits per heavy atom. The zero-order chi connectivity index (χ0) is 4.83. The Kier molecular flexibility index (Phi) is 30.9. The number of hydrogen-bond acceptors (Lipinski definition) is 0. The van der Waals surface area contributed by atoms with Crippen LogP contribution in [0.5, 0.6) is 0 Å². The van der Waals surface area contributed by atoms with Crippen LogP contribution in [0.25, 0.3) is 0 Å². The van der Waals surface area contributed by atoms with E-state index < -0.39 is 0 Å². The van der Waals surface area contributed by atoms with Gasteiger partial charge in [0.25, 0.3) is 0 Å². The zero-order valence-corrected chi connectivity index (χ0v) is 5.83. The quantitative estimate of drug-likeness (QED) is 0.358. The molecule has 8 heavy (non-hydrogen) atoms. The molecule has 3 heteroatoms. The Bertz CT molecular complexity index is 22.4. The van der Waals surface area contributed by atoms with Crippen LogP contribution in [0.4, 0.5) is 0 Å². The summed E-state index contributed by atoms with van der Waals surface area (Å²) in [5, 5.41) is 0. The van der Waals surface area contributed by atoms with Crippen LogP contribution < -0.4 is 0 Å². The molecule has 0 aliphatic heterocycles. The lowest BCUT2D eigenvalue weighted by atomic mass is 10.00. The number of hydrogen-bond donors (Lipinski definition) is 0. The molecule has 0 aromatic carbocycles. The molecular formula is C5H17BO2. The Morgan fingerprint density at radius 3 is 1.75 bits per heavy atom. The molecule has 2 nitrogen and oxygen atoms in total. The Morgan fingerprint density at radius 2 is 1.62 bits per heavy atom. The minimum absolute atomic E-state index is 0. The Labute approximate surface area is 52.3 Å². The minimum atomic E-state index is 0. The van der Waals surface area contributed by atoms with E-state index in [0.29, 0.717) is 0 Å². The van der Waals surface area contributed by atoms with E-state index in [2.05, 4.69) is 14.8 Å². The van der Waals surface area contributed by atoms with E-state index in [4.69, 9.17) is 0 Å². The van der Waals surface area contributed by atoms with Gasteiger partial charge < -0.3 is 11.0 Å². The van der Waals surface area contributed by atoms with Crippen LogP contribution in [0.2, 0.25) is 6.32 Å². The molecule has 0 saturated heterocycles. The molecule has 0 spiro atoms. The van der Waals surface area contributed by atoms with E-state index >= 15 is 0 Å². The summed E-state index contributed by atoms with van der Waals surface area (Å²) in [6.07, 6.45) is 5.54. The van der Waals surface area contributed by atoms with Crippen LogP contribution in [0.3, 0.4) is 0 Å². The maximum atomic E-state index is 2.23. The van der Waals surface area contributed by atoms with E-state index in [-0.39, 0.29) is 11.0 Å². The van der Waals surface area contributed by atoms with Crippen LogP contribution in [0.15, 0.2) is 0 Å². The van der Waals surface area contributed by atoms with Gasteiger partial charge in [-0.1, -0.05) is 32.5 Å². The number of rotatable bonds is 3. The summed E-state index contributed by atoms with van der Waals surface area (Å²) in [5.74, 6) is 0. The molecule has 0 aliphatic carbocycles. The van der Waals surface area contributed by atoms with Crippen LogP contribution in [0.1, 0.15) is 26.2 Å². The van der Waals surface area contributed by atoms with Gasteiger partial charge in [-0.2, -0.15) is 0 Å². The van der Waals surface area contributed by atoms with Gasteiger partial charge in [0.2, 0.25) is 0 Å². The van der Waals surface area contributed by atoms with E-state index in [1.807, 2.05) is 0 Å². The van der Waals surface area contributed by atoms with Gasteiger partial charge in [-0.3, -0.25) is 0 Å². The maximum Gasteiger partial charge on any atom is 0.101 e. The third-order valence-corrected chi connectivity index (χ3v) is 0.957. The van der Waals surface area contributed by atoms with Gasteiger partial charge in [-0.05, 0) is 0 Å². The summed E-state index contributed by atoms with van der Waals surface area (Å²) in [5.41, 5.74) is 0. The van der Waals surface area contributed by atoms with E-state index in [1.165, 1.54) is 25.6 Å². The zero-order valence-electron chi connectivity index (χ0n) is 5.83. The van der Waals surface area contributed by atoms with Gasteiger partial charge >= 0.3 is 0 Å². The summed E-state index contributed by atoms with van der Waals surface area (Å²) >= 11 is 0. The fourth-order valence-corrected chi connectivity index (χ4v) is 0.500. The van der Waals surface area contributed by atoms with Gasteiger partial charge in [0.1, 0.15) is 7.85 Å². The van der Waals surface area contributed by atoms with E-state index in [1.54, 1.807) is 0 Å². The summed E-state index contributed by atoms with van der Waals surface area (Å²) in [4.78, 5) is 0. The SMILES string of the molecule is BCCCCC.O.O. The smallest absolute Gasteiger partial charge is 0.101 e. The molecule has 0 rings (SSSR count). The molecule has 0 radical (unpaired) electrons. The Balaban J connectivity index is -0.000000125. The highest BCUT2D eigenvalue weighted by Crippen LogP contribution is 1.94. The van der Waals surface area contributed by atoms with Crippen molar-refractivity contribution >= 4 is 7.85 Å². The highest BCUT2D eigenvalue weighted by atomic mass is 16.0. The Hall–Kier alpha value is -0.0151. The molecule has 0 unspecified atom stereocenters. The first-order valence-corrected chi connectivity index (χ1v) is 2.91. The molecular weight excluding hydrogens is 103 g/mol. The van der Waals surface area contributed by atoms with Crippen molar-refractivity contribution in [2.45, 2.75) is 32.5 Å². The van der Waals surface area contributed by atoms with Crippen molar-refractivity contribution < 1.29 is 11.0 Å². The van der Waals surface area contributed by atoms with Crippen molar-refractivity contribution in [1.82, 2.24) is 0 Å². The first-order valence-electron chi connectivity index (χ1n) is 2.91. The monoisotopic (exact) mass is 120 g/mol. The largest absolute Gasteiger partial charge is 0.412 e. The van der Waals surface area contributed by atoms with Crippen molar-refractivity contribution in [1.29, 1.82) is 0 Å². The van der Waals surface area contributed by atoms with Gasteiger partial charge in [0.15, 0.2) is 0 Å². The highest BCUT2D eigenvalue weighted by molar-refractivity contribution is 6.08. The normalized spacial score (nSPS) is 6.62. The highest BCUT2D eigenvalue weighted by Gasteiger charge is 1.75. The first-order chi connectivity index (χ1) is 2.91.